The Morgan fingerprint density at radius 3 is 1.67 bits per heavy atom. The highest BCUT2D eigenvalue weighted by Crippen LogP contribution is 2.45. The Kier molecular flexibility index (Phi) is 7.82. The summed E-state index contributed by atoms with van der Waals surface area (Å²) < 4.78 is 9.00. The molecular formula is C54H36N2O. The van der Waals surface area contributed by atoms with Gasteiger partial charge in [0.05, 0.1) is 22.4 Å². The second-order valence-electron chi connectivity index (χ2n) is 14.5. The van der Waals surface area contributed by atoms with Gasteiger partial charge in [-0.1, -0.05) is 164 Å². The van der Waals surface area contributed by atoms with Crippen LogP contribution < -0.4 is 4.90 Å². The summed E-state index contributed by atoms with van der Waals surface area (Å²) in [5.74, 6) is 0. The van der Waals surface area contributed by atoms with E-state index in [2.05, 4.69) is 216 Å². The molecule has 11 aromatic rings. The molecular weight excluding hydrogens is 693 g/mol. The highest BCUT2D eigenvalue weighted by Gasteiger charge is 2.21. The van der Waals surface area contributed by atoms with Crippen LogP contribution in [0.2, 0.25) is 0 Å². The highest BCUT2D eigenvalue weighted by molar-refractivity contribution is 6.11. The maximum Gasteiger partial charge on any atom is 0.143 e. The second-order valence-corrected chi connectivity index (χ2v) is 14.5. The average molecular weight is 729 g/mol. The number of fused-ring (bicyclic) bond motifs is 6. The van der Waals surface area contributed by atoms with Gasteiger partial charge in [0.25, 0.3) is 0 Å². The second kappa shape index (κ2) is 13.6. The molecule has 0 amide bonds. The van der Waals surface area contributed by atoms with Crippen LogP contribution in [0.3, 0.4) is 0 Å². The number of anilines is 3. The quantitative estimate of drug-likeness (QED) is 0.163. The van der Waals surface area contributed by atoms with Gasteiger partial charge in [0.15, 0.2) is 0 Å². The Hall–Kier alpha value is -7.62. The number of aromatic nitrogens is 1. The Bertz CT molecular complexity index is 3180. The Morgan fingerprint density at radius 1 is 0.351 bits per heavy atom. The fraction of sp³-hybridized carbons (Fsp3) is 0. The van der Waals surface area contributed by atoms with Gasteiger partial charge in [0.2, 0.25) is 0 Å². The minimum absolute atomic E-state index is 0.894. The van der Waals surface area contributed by atoms with Crippen molar-refractivity contribution in [1.82, 2.24) is 4.57 Å². The number of benzene rings is 9. The molecule has 0 N–H and O–H groups in total. The van der Waals surface area contributed by atoms with Crippen LogP contribution in [0.4, 0.5) is 17.1 Å². The van der Waals surface area contributed by atoms with Crippen LogP contribution >= 0.6 is 0 Å². The third-order valence-electron chi connectivity index (χ3n) is 11.2. The lowest BCUT2D eigenvalue weighted by Gasteiger charge is -2.28. The number of hydrogen-bond donors (Lipinski definition) is 0. The van der Waals surface area contributed by atoms with E-state index >= 15 is 0 Å². The smallest absolute Gasteiger partial charge is 0.143 e. The molecule has 0 aliphatic heterocycles. The third-order valence-corrected chi connectivity index (χ3v) is 11.2. The molecule has 0 atom stereocenters. The van der Waals surface area contributed by atoms with Gasteiger partial charge in [-0.15, -0.1) is 0 Å². The molecule has 3 heteroatoms. The maximum atomic E-state index is 6.56. The van der Waals surface area contributed by atoms with Crippen LogP contribution in [0, 0.1) is 0 Å². The van der Waals surface area contributed by atoms with Gasteiger partial charge in [-0.05, 0) is 71.3 Å². The predicted octanol–water partition coefficient (Wildman–Crippen LogP) is 15.2. The monoisotopic (exact) mass is 728 g/mol. The summed E-state index contributed by atoms with van der Waals surface area (Å²) in [4.78, 5) is 2.35. The van der Waals surface area contributed by atoms with Crippen molar-refractivity contribution in [3.8, 4) is 39.1 Å². The summed E-state index contributed by atoms with van der Waals surface area (Å²) in [5, 5.41) is 4.73. The zero-order chi connectivity index (χ0) is 37.7. The van der Waals surface area contributed by atoms with Crippen molar-refractivity contribution >= 4 is 60.8 Å². The first-order valence-corrected chi connectivity index (χ1v) is 19.4. The molecule has 3 nitrogen and oxygen atoms in total. The molecule has 57 heavy (non-hydrogen) atoms. The summed E-state index contributed by atoms with van der Waals surface area (Å²) in [6.07, 6.45) is 0. The average Bonchev–Trinajstić information content (AvgIpc) is 3.84. The lowest BCUT2D eigenvalue weighted by atomic mass is 9.97. The van der Waals surface area contributed by atoms with E-state index in [1.807, 2.05) is 12.1 Å². The first kappa shape index (κ1) is 32.8. The molecule has 268 valence electrons. The lowest BCUT2D eigenvalue weighted by Crippen LogP contribution is -2.11. The molecule has 0 aliphatic rings. The fourth-order valence-electron chi connectivity index (χ4n) is 8.60. The minimum atomic E-state index is 0.894. The number of para-hydroxylation sites is 6. The first-order valence-electron chi connectivity index (χ1n) is 19.4. The van der Waals surface area contributed by atoms with E-state index in [1.54, 1.807) is 0 Å². The normalized spacial score (nSPS) is 11.5. The molecule has 2 heterocycles. The molecule has 2 aromatic heterocycles. The number of hydrogen-bond acceptors (Lipinski definition) is 2. The van der Waals surface area contributed by atoms with Gasteiger partial charge in [0.1, 0.15) is 11.2 Å². The van der Waals surface area contributed by atoms with Crippen LogP contribution in [0.25, 0.3) is 82.8 Å². The summed E-state index contributed by atoms with van der Waals surface area (Å²) >= 11 is 0. The number of furan rings is 1. The summed E-state index contributed by atoms with van der Waals surface area (Å²) in [5.41, 5.74) is 15.4. The SMILES string of the molecule is c1ccc(-c2ccc(-c3ccc(N(c4ccccc4)c4ccccc4-c4cccc5c4oc4ccccc45)cc3)c(-n3c4ccccc4c4ccccc43)c2)cc1. The molecule has 0 spiro atoms. The van der Waals surface area contributed by atoms with Crippen LogP contribution in [0.15, 0.2) is 223 Å². The third kappa shape index (κ3) is 5.51. The molecule has 11 rings (SSSR count). The van der Waals surface area contributed by atoms with E-state index < -0.39 is 0 Å². The Balaban J connectivity index is 1.08. The summed E-state index contributed by atoms with van der Waals surface area (Å²) in [6.45, 7) is 0. The Morgan fingerprint density at radius 2 is 0.912 bits per heavy atom. The number of rotatable bonds is 7. The van der Waals surface area contributed by atoms with Crippen molar-refractivity contribution in [2.75, 3.05) is 4.90 Å². The van der Waals surface area contributed by atoms with Gasteiger partial charge in [-0.2, -0.15) is 0 Å². The van der Waals surface area contributed by atoms with E-state index in [-0.39, 0.29) is 0 Å². The van der Waals surface area contributed by atoms with Crippen LogP contribution in [-0.2, 0) is 0 Å². The molecule has 0 unspecified atom stereocenters. The summed E-state index contributed by atoms with van der Waals surface area (Å²) in [7, 11) is 0. The van der Waals surface area contributed by atoms with Crippen molar-refractivity contribution in [1.29, 1.82) is 0 Å². The zero-order valence-corrected chi connectivity index (χ0v) is 31.1. The minimum Gasteiger partial charge on any atom is -0.455 e. The standard InChI is InChI=1S/C54H36N2O/c1-3-16-37(17-4-1)39-32-35-42(52(36-39)56-50-27-12-7-20-43(50)44-21-8-13-28-51(44)56)38-30-33-41(34-31-38)55(40-18-5-2-6-19-40)49-26-11-9-22-45(49)47-24-15-25-48-46-23-10-14-29-53(46)57-54(47)48/h1-36H. The molecule has 0 saturated carbocycles. The van der Waals surface area contributed by atoms with E-state index in [1.165, 1.54) is 32.9 Å². The van der Waals surface area contributed by atoms with Gasteiger partial charge in [-0.3, -0.25) is 0 Å². The summed E-state index contributed by atoms with van der Waals surface area (Å²) in [6, 6.07) is 78.1. The van der Waals surface area contributed by atoms with Gasteiger partial charge < -0.3 is 13.9 Å². The largest absolute Gasteiger partial charge is 0.455 e. The lowest BCUT2D eigenvalue weighted by molar-refractivity contribution is 0.670. The van der Waals surface area contributed by atoms with Crippen molar-refractivity contribution in [2.24, 2.45) is 0 Å². The Labute approximate surface area is 330 Å². The molecule has 9 aromatic carbocycles. The van der Waals surface area contributed by atoms with E-state index in [0.717, 1.165) is 66.9 Å². The van der Waals surface area contributed by atoms with E-state index in [0.29, 0.717) is 0 Å². The van der Waals surface area contributed by atoms with Gasteiger partial charge in [0, 0.05) is 49.6 Å². The van der Waals surface area contributed by atoms with Crippen molar-refractivity contribution < 1.29 is 4.42 Å². The van der Waals surface area contributed by atoms with Gasteiger partial charge >= 0.3 is 0 Å². The van der Waals surface area contributed by atoms with E-state index in [4.69, 9.17) is 4.42 Å². The molecule has 0 radical (unpaired) electrons. The van der Waals surface area contributed by atoms with Gasteiger partial charge in [-0.25, -0.2) is 0 Å². The topological polar surface area (TPSA) is 21.3 Å². The van der Waals surface area contributed by atoms with Crippen LogP contribution in [-0.4, -0.2) is 4.57 Å². The van der Waals surface area contributed by atoms with E-state index in [9.17, 15) is 0 Å². The van der Waals surface area contributed by atoms with Crippen molar-refractivity contribution in [3.63, 3.8) is 0 Å². The zero-order valence-electron chi connectivity index (χ0n) is 31.1. The van der Waals surface area contributed by atoms with Crippen LogP contribution in [0.1, 0.15) is 0 Å². The predicted molar refractivity (Wildman–Crippen MR) is 239 cm³/mol. The molecule has 0 saturated heterocycles. The molecule has 0 fully saturated rings. The fourth-order valence-corrected chi connectivity index (χ4v) is 8.60. The molecule has 0 aliphatic carbocycles. The number of nitrogens with zero attached hydrogens (tertiary/aromatic N) is 2. The van der Waals surface area contributed by atoms with Crippen molar-refractivity contribution in [3.05, 3.63) is 218 Å². The molecule has 0 bridgehead atoms. The first-order chi connectivity index (χ1) is 28.3. The van der Waals surface area contributed by atoms with Crippen LogP contribution in [0.5, 0.6) is 0 Å². The highest BCUT2D eigenvalue weighted by atomic mass is 16.3. The van der Waals surface area contributed by atoms with Crippen molar-refractivity contribution in [2.45, 2.75) is 0 Å². The maximum absolute atomic E-state index is 6.56.